The fraction of sp³-hybridized carbons (Fsp3) is 0.462. The molecule has 186 valence electrons. The van der Waals surface area contributed by atoms with E-state index in [0.29, 0.717) is 5.69 Å². The Morgan fingerprint density at radius 2 is 1.59 bits per heavy atom. The molecule has 2 rings (SSSR count). The van der Waals surface area contributed by atoms with Gasteiger partial charge in [-0.25, -0.2) is 8.42 Å². The maximum Gasteiger partial charge on any atom is 0.244 e. The summed E-state index contributed by atoms with van der Waals surface area (Å²) in [7, 11) is -3.74. The molecule has 0 saturated heterocycles. The van der Waals surface area contributed by atoms with Gasteiger partial charge in [-0.15, -0.1) is 0 Å². The molecule has 0 aromatic heterocycles. The summed E-state index contributed by atoms with van der Waals surface area (Å²) >= 11 is 0. The minimum absolute atomic E-state index is 0.0330. The average molecular weight is 488 g/mol. The van der Waals surface area contributed by atoms with Crippen molar-refractivity contribution in [2.45, 2.75) is 66.6 Å². The Hall–Kier alpha value is -2.87. The van der Waals surface area contributed by atoms with Crippen LogP contribution in [0.5, 0.6) is 0 Å². The van der Waals surface area contributed by atoms with Crippen LogP contribution in [0.2, 0.25) is 0 Å². The van der Waals surface area contributed by atoms with E-state index in [-0.39, 0.29) is 18.5 Å². The van der Waals surface area contributed by atoms with Crippen LogP contribution in [0, 0.1) is 20.8 Å². The second kappa shape index (κ2) is 11.5. The molecule has 0 radical (unpaired) electrons. The lowest BCUT2D eigenvalue weighted by molar-refractivity contribution is -0.139. The molecule has 0 fully saturated rings. The summed E-state index contributed by atoms with van der Waals surface area (Å²) in [5.74, 6) is -0.720. The number of aryl methyl sites for hydroxylation is 3. The van der Waals surface area contributed by atoms with Crippen molar-refractivity contribution in [2.75, 3.05) is 17.1 Å². The first-order valence-corrected chi connectivity index (χ1v) is 13.4. The molecule has 1 N–H and O–H groups in total. The van der Waals surface area contributed by atoms with Gasteiger partial charge in [-0.1, -0.05) is 42.8 Å². The minimum Gasteiger partial charge on any atom is -0.352 e. The zero-order valence-electron chi connectivity index (χ0n) is 21.3. The van der Waals surface area contributed by atoms with Gasteiger partial charge >= 0.3 is 0 Å². The lowest BCUT2D eigenvalue weighted by Gasteiger charge is -2.32. The van der Waals surface area contributed by atoms with Crippen LogP contribution >= 0.6 is 0 Å². The van der Waals surface area contributed by atoms with E-state index in [2.05, 4.69) is 5.32 Å². The highest BCUT2D eigenvalue weighted by atomic mass is 32.2. The molecule has 0 unspecified atom stereocenters. The SMILES string of the molecule is CC[C@H](C)NC(=O)[C@H](C)N(Cc1ccc(C)cc1)C(=O)CN(c1ccc(C)c(C)c1)S(C)(=O)=O. The van der Waals surface area contributed by atoms with E-state index in [0.717, 1.165) is 39.2 Å². The number of rotatable bonds is 10. The van der Waals surface area contributed by atoms with Gasteiger partial charge in [0.05, 0.1) is 11.9 Å². The summed E-state index contributed by atoms with van der Waals surface area (Å²) in [5, 5.41) is 2.92. The van der Waals surface area contributed by atoms with Crippen LogP contribution in [0.25, 0.3) is 0 Å². The van der Waals surface area contributed by atoms with Crippen molar-refractivity contribution in [3.63, 3.8) is 0 Å². The monoisotopic (exact) mass is 487 g/mol. The zero-order chi connectivity index (χ0) is 25.6. The third kappa shape index (κ3) is 7.32. The molecule has 2 amide bonds. The second-order valence-electron chi connectivity index (χ2n) is 9.04. The van der Waals surface area contributed by atoms with Gasteiger partial charge < -0.3 is 10.2 Å². The van der Waals surface area contributed by atoms with E-state index in [1.807, 2.05) is 65.0 Å². The molecule has 0 aliphatic heterocycles. The number of anilines is 1. The maximum atomic E-state index is 13.5. The average Bonchev–Trinajstić information content (AvgIpc) is 2.77. The van der Waals surface area contributed by atoms with Crippen LogP contribution in [0.4, 0.5) is 5.69 Å². The van der Waals surface area contributed by atoms with E-state index in [9.17, 15) is 18.0 Å². The van der Waals surface area contributed by atoms with Crippen LogP contribution in [-0.4, -0.2) is 50.0 Å². The summed E-state index contributed by atoms with van der Waals surface area (Å²) in [6.07, 6.45) is 1.85. The topological polar surface area (TPSA) is 86.8 Å². The number of amides is 2. The van der Waals surface area contributed by atoms with Gasteiger partial charge in [0.25, 0.3) is 0 Å². The molecule has 0 saturated carbocycles. The van der Waals surface area contributed by atoms with Crippen LogP contribution in [0.1, 0.15) is 49.4 Å². The zero-order valence-corrected chi connectivity index (χ0v) is 22.1. The third-order valence-electron chi connectivity index (χ3n) is 6.10. The lowest BCUT2D eigenvalue weighted by Crippen LogP contribution is -2.52. The van der Waals surface area contributed by atoms with Crippen LogP contribution in [-0.2, 0) is 26.2 Å². The molecular weight excluding hydrogens is 450 g/mol. The van der Waals surface area contributed by atoms with Crippen molar-refractivity contribution >= 4 is 27.5 Å². The number of hydrogen-bond donors (Lipinski definition) is 1. The first-order valence-electron chi connectivity index (χ1n) is 11.5. The number of carbonyl (C=O) groups is 2. The van der Waals surface area contributed by atoms with Gasteiger partial charge in [-0.2, -0.15) is 0 Å². The quantitative estimate of drug-likeness (QED) is 0.554. The number of nitrogens with one attached hydrogen (secondary N) is 1. The number of nitrogens with zero attached hydrogens (tertiary/aromatic N) is 2. The third-order valence-corrected chi connectivity index (χ3v) is 7.24. The number of carbonyl (C=O) groups excluding carboxylic acids is 2. The summed E-state index contributed by atoms with van der Waals surface area (Å²) in [5.41, 5.74) is 4.32. The number of sulfonamides is 1. The molecule has 2 aromatic rings. The molecular formula is C26H37N3O4S. The normalized spacial score (nSPS) is 13.1. The fourth-order valence-electron chi connectivity index (χ4n) is 3.43. The number of benzene rings is 2. The minimum atomic E-state index is -3.74. The summed E-state index contributed by atoms with van der Waals surface area (Å²) in [6.45, 7) is 11.2. The molecule has 0 aliphatic carbocycles. The van der Waals surface area contributed by atoms with Crippen LogP contribution in [0.15, 0.2) is 42.5 Å². The standard InChI is InChI=1S/C26H37N3O4S/c1-8-21(5)27-26(31)22(6)28(16-23-12-9-18(2)10-13-23)25(30)17-29(34(7,32)33)24-14-11-19(3)20(4)15-24/h9-15,21-22H,8,16-17H2,1-7H3,(H,27,31)/t21-,22-/m0/s1. The van der Waals surface area contributed by atoms with Gasteiger partial charge in [0.15, 0.2) is 0 Å². The van der Waals surface area contributed by atoms with Gasteiger partial charge in [0.1, 0.15) is 12.6 Å². The van der Waals surface area contributed by atoms with Crippen molar-refractivity contribution in [3.8, 4) is 0 Å². The summed E-state index contributed by atoms with van der Waals surface area (Å²) in [4.78, 5) is 27.9. The van der Waals surface area contributed by atoms with Gasteiger partial charge in [0.2, 0.25) is 21.8 Å². The van der Waals surface area contributed by atoms with Crippen LogP contribution in [0.3, 0.4) is 0 Å². The largest absolute Gasteiger partial charge is 0.352 e. The van der Waals surface area contributed by atoms with Crippen molar-refractivity contribution in [3.05, 3.63) is 64.7 Å². The molecule has 2 aromatic carbocycles. The summed E-state index contributed by atoms with van der Waals surface area (Å²) in [6, 6.07) is 12.2. The van der Waals surface area contributed by atoms with Gasteiger partial charge in [-0.3, -0.25) is 13.9 Å². The van der Waals surface area contributed by atoms with Crippen molar-refractivity contribution in [1.29, 1.82) is 0 Å². The van der Waals surface area contributed by atoms with E-state index < -0.39 is 28.5 Å². The first kappa shape index (κ1) is 27.4. The Labute approximate surface area is 204 Å². The Kier molecular flexibility index (Phi) is 9.27. The molecule has 0 bridgehead atoms. The van der Waals surface area contributed by atoms with E-state index >= 15 is 0 Å². The van der Waals surface area contributed by atoms with Gasteiger partial charge in [0, 0.05) is 12.6 Å². The molecule has 0 spiro atoms. The Bertz CT molecular complexity index is 1110. The first-order chi connectivity index (χ1) is 15.8. The molecule has 0 heterocycles. The Morgan fingerprint density at radius 3 is 2.12 bits per heavy atom. The Morgan fingerprint density at radius 1 is 0.971 bits per heavy atom. The molecule has 0 aliphatic rings. The van der Waals surface area contributed by atoms with Crippen LogP contribution < -0.4 is 9.62 Å². The summed E-state index contributed by atoms with van der Waals surface area (Å²) < 4.78 is 26.4. The Balaban J connectivity index is 2.39. The predicted octanol–water partition coefficient (Wildman–Crippen LogP) is 3.71. The highest BCUT2D eigenvalue weighted by Gasteiger charge is 2.30. The van der Waals surface area contributed by atoms with E-state index in [1.54, 1.807) is 19.1 Å². The van der Waals surface area contributed by atoms with Gasteiger partial charge in [-0.05, 0) is 69.9 Å². The lowest BCUT2D eigenvalue weighted by atomic mass is 10.1. The highest BCUT2D eigenvalue weighted by molar-refractivity contribution is 7.92. The van der Waals surface area contributed by atoms with Crippen molar-refractivity contribution in [2.24, 2.45) is 0 Å². The molecule has 34 heavy (non-hydrogen) atoms. The fourth-order valence-corrected chi connectivity index (χ4v) is 4.27. The molecule has 2 atom stereocenters. The molecule has 8 heteroatoms. The van der Waals surface area contributed by atoms with Crippen molar-refractivity contribution in [1.82, 2.24) is 10.2 Å². The maximum absolute atomic E-state index is 13.5. The second-order valence-corrected chi connectivity index (χ2v) is 10.9. The predicted molar refractivity (Wildman–Crippen MR) is 137 cm³/mol. The smallest absolute Gasteiger partial charge is 0.244 e. The highest BCUT2D eigenvalue weighted by Crippen LogP contribution is 2.22. The number of hydrogen-bond acceptors (Lipinski definition) is 4. The van der Waals surface area contributed by atoms with E-state index in [1.165, 1.54) is 4.90 Å². The molecule has 7 nitrogen and oxygen atoms in total. The van der Waals surface area contributed by atoms with Crippen molar-refractivity contribution < 1.29 is 18.0 Å². The van der Waals surface area contributed by atoms with E-state index in [4.69, 9.17) is 0 Å².